The molecule has 0 saturated heterocycles. The van der Waals surface area contributed by atoms with Crippen LogP contribution in [0.3, 0.4) is 0 Å². The lowest BCUT2D eigenvalue weighted by molar-refractivity contribution is 0.287. The van der Waals surface area contributed by atoms with Gasteiger partial charge >= 0.3 is 0 Å². The minimum Gasteiger partial charge on any atom is -0.490 e. The van der Waals surface area contributed by atoms with Crippen LogP contribution in [-0.4, -0.2) is 13.2 Å². The van der Waals surface area contributed by atoms with E-state index in [2.05, 4.69) is 5.32 Å². The van der Waals surface area contributed by atoms with Gasteiger partial charge in [-0.1, -0.05) is 35.9 Å². The molecule has 5 heteroatoms. The second-order valence-electron chi connectivity index (χ2n) is 4.84. The number of halogens is 2. The maximum absolute atomic E-state index is 6.15. The van der Waals surface area contributed by atoms with Gasteiger partial charge in [0.15, 0.2) is 11.5 Å². The molecule has 0 amide bonds. The highest BCUT2D eigenvalue weighted by Gasteiger charge is 2.06. The smallest absolute Gasteiger partial charge is 0.161 e. The second-order valence-corrected chi connectivity index (χ2v) is 5.25. The third kappa shape index (κ3) is 5.94. The first-order valence-electron chi connectivity index (χ1n) is 7.57. The first-order chi connectivity index (χ1) is 10.7. The van der Waals surface area contributed by atoms with Crippen LogP contribution in [-0.2, 0) is 13.1 Å². The Labute approximate surface area is 149 Å². The normalized spacial score (nSPS) is 10.0. The summed E-state index contributed by atoms with van der Waals surface area (Å²) >= 11 is 6.15. The van der Waals surface area contributed by atoms with Gasteiger partial charge in [0.25, 0.3) is 0 Å². The molecule has 0 aromatic heterocycles. The second kappa shape index (κ2) is 10.4. The predicted octanol–water partition coefficient (Wildman–Crippen LogP) is 4.85. The molecule has 23 heavy (non-hydrogen) atoms. The van der Waals surface area contributed by atoms with Crippen LogP contribution in [0.4, 0.5) is 0 Å². The Morgan fingerprint density at radius 3 is 2.30 bits per heavy atom. The van der Waals surface area contributed by atoms with Crippen LogP contribution in [0, 0.1) is 0 Å². The highest BCUT2D eigenvalue weighted by Crippen LogP contribution is 2.28. The molecule has 2 rings (SSSR count). The fourth-order valence-corrected chi connectivity index (χ4v) is 2.39. The van der Waals surface area contributed by atoms with Gasteiger partial charge in [-0.25, -0.2) is 0 Å². The fourth-order valence-electron chi connectivity index (χ4n) is 2.19. The third-order valence-corrected chi connectivity index (χ3v) is 3.58. The maximum Gasteiger partial charge on any atom is 0.161 e. The SMILES string of the molecule is CCOc1ccc(CNCc2ccccc2Cl)cc1OCC.Cl. The predicted molar refractivity (Wildman–Crippen MR) is 98.0 cm³/mol. The minimum atomic E-state index is 0. The molecule has 2 aromatic rings. The van der Waals surface area contributed by atoms with E-state index in [0.717, 1.165) is 40.7 Å². The van der Waals surface area contributed by atoms with Gasteiger partial charge in [0, 0.05) is 18.1 Å². The van der Waals surface area contributed by atoms with Crippen molar-refractivity contribution in [2.75, 3.05) is 13.2 Å². The van der Waals surface area contributed by atoms with Crippen molar-refractivity contribution in [3.8, 4) is 11.5 Å². The molecule has 0 aliphatic carbocycles. The number of hydrogen-bond acceptors (Lipinski definition) is 3. The van der Waals surface area contributed by atoms with Crippen molar-refractivity contribution in [3.63, 3.8) is 0 Å². The molecular weight excluding hydrogens is 333 g/mol. The van der Waals surface area contributed by atoms with Crippen LogP contribution in [0.15, 0.2) is 42.5 Å². The summed E-state index contributed by atoms with van der Waals surface area (Å²) in [7, 11) is 0. The molecule has 3 nitrogen and oxygen atoms in total. The molecule has 0 bridgehead atoms. The van der Waals surface area contributed by atoms with Gasteiger partial charge in [-0.15, -0.1) is 12.4 Å². The molecular formula is C18H23Cl2NO2. The van der Waals surface area contributed by atoms with E-state index in [1.54, 1.807) is 0 Å². The van der Waals surface area contributed by atoms with Crippen molar-refractivity contribution in [1.29, 1.82) is 0 Å². The lowest BCUT2D eigenvalue weighted by atomic mass is 10.2. The van der Waals surface area contributed by atoms with Crippen LogP contribution in [0.2, 0.25) is 5.02 Å². The zero-order valence-electron chi connectivity index (χ0n) is 13.5. The Hall–Kier alpha value is -1.42. The average Bonchev–Trinajstić information content (AvgIpc) is 2.52. The van der Waals surface area contributed by atoms with Gasteiger partial charge in [-0.05, 0) is 43.2 Å². The molecule has 1 N–H and O–H groups in total. The third-order valence-electron chi connectivity index (χ3n) is 3.21. The molecule has 2 aromatic carbocycles. The molecule has 0 saturated carbocycles. The van der Waals surface area contributed by atoms with E-state index < -0.39 is 0 Å². The summed E-state index contributed by atoms with van der Waals surface area (Å²) in [5, 5.41) is 4.19. The van der Waals surface area contributed by atoms with Crippen molar-refractivity contribution >= 4 is 24.0 Å². The van der Waals surface area contributed by atoms with E-state index in [1.807, 2.05) is 56.3 Å². The van der Waals surface area contributed by atoms with E-state index in [4.69, 9.17) is 21.1 Å². The van der Waals surface area contributed by atoms with E-state index in [0.29, 0.717) is 13.2 Å². The summed E-state index contributed by atoms with van der Waals surface area (Å²) < 4.78 is 11.2. The highest BCUT2D eigenvalue weighted by atomic mass is 35.5. The zero-order chi connectivity index (χ0) is 15.8. The molecule has 0 fully saturated rings. The summed E-state index contributed by atoms with van der Waals surface area (Å²) in [4.78, 5) is 0. The van der Waals surface area contributed by atoms with Crippen molar-refractivity contribution in [3.05, 3.63) is 58.6 Å². The molecule has 0 spiro atoms. The van der Waals surface area contributed by atoms with Crippen molar-refractivity contribution in [2.45, 2.75) is 26.9 Å². The van der Waals surface area contributed by atoms with Gasteiger partial charge < -0.3 is 14.8 Å². The van der Waals surface area contributed by atoms with Crippen LogP contribution in [0.25, 0.3) is 0 Å². The average molecular weight is 356 g/mol. The monoisotopic (exact) mass is 355 g/mol. The molecule has 0 radical (unpaired) electrons. The lowest BCUT2D eigenvalue weighted by Crippen LogP contribution is -2.13. The van der Waals surface area contributed by atoms with Crippen molar-refractivity contribution < 1.29 is 9.47 Å². The first-order valence-corrected chi connectivity index (χ1v) is 7.95. The number of hydrogen-bond donors (Lipinski definition) is 1. The Bertz CT molecular complexity index is 605. The van der Waals surface area contributed by atoms with Gasteiger partial charge in [-0.3, -0.25) is 0 Å². The van der Waals surface area contributed by atoms with Crippen LogP contribution >= 0.6 is 24.0 Å². The quantitative estimate of drug-likeness (QED) is 0.734. The van der Waals surface area contributed by atoms with Crippen molar-refractivity contribution in [1.82, 2.24) is 5.32 Å². The number of ether oxygens (including phenoxy) is 2. The molecule has 0 heterocycles. The lowest BCUT2D eigenvalue weighted by Gasteiger charge is -2.13. The van der Waals surface area contributed by atoms with Gasteiger partial charge in [0.2, 0.25) is 0 Å². The summed E-state index contributed by atoms with van der Waals surface area (Å²) in [5.74, 6) is 1.58. The number of benzene rings is 2. The summed E-state index contributed by atoms with van der Waals surface area (Å²) in [6, 6.07) is 13.9. The molecule has 0 aliphatic heterocycles. The van der Waals surface area contributed by atoms with E-state index in [1.165, 1.54) is 0 Å². The standard InChI is InChI=1S/C18H22ClNO2.ClH/c1-3-21-17-10-9-14(11-18(17)22-4-2)12-20-13-15-7-5-6-8-16(15)19;/h5-11,20H,3-4,12-13H2,1-2H3;1H. The maximum atomic E-state index is 6.15. The Morgan fingerprint density at radius 1 is 0.913 bits per heavy atom. The van der Waals surface area contributed by atoms with Crippen LogP contribution in [0.1, 0.15) is 25.0 Å². The molecule has 0 atom stereocenters. The molecule has 126 valence electrons. The molecule has 0 aliphatic rings. The minimum absolute atomic E-state index is 0. The largest absolute Gasteiger partial charge is 0.490 e. The zero-order valence-corrected chi connectivity index (χ0v) is 15.0. The van der Waals surface area contributed by atoms with E-state index in [9.17, 15) is 0 Å². The fraction of sp³-hybridized carbons (Fsp3) is 0.333. The van der Waals surface area contributed by atoms with Gasteiger partial charge in [0.1, 0.15) is 0 Å². The molecule has 0 unspecified atom stereocenters. The number of rotatable bonds is 8. The highest BCUT2D eigenvalue weighted by molar-refractivity contribution is 6.31. The number of nitrogens with one attached hydrogen (secondary N) is 1. The van der Waals surface area contributed by atoms with Crippen molar-refractivity contribution in [2.24, 2.45) is 0 Å². The summed E-state index contributed by atoms with van der Waals surface area (Å²) in [6.45, 7) is 6.67. The topological polar surface area (TPSA) is 30.5 Å². The van der Waals surface area contributed by atoms with E-state index >= 15 is 0 Å². The van der Waals surface area contributed by atoms with E-state index in [-0.39, 0.29) is 12.4 Å². The van der Waals surface area contributed by atoms with Crippen LogP contribution in [0.5, 0.6) is 11.5 Å². The first kappa shape index (κ1) is 19.6. The van der Waals surface area contributed by atoms with Crippen LogP contribution < -0.4 is 14.8 Å². The Morgan fingerprint density at radius 2 is 1.61 bits per heavy atom. The Balaban J connectivity index is 0.00000264. The Kier molecular flexibility index (Phi) is 8.85. The summed E-state index contributed by atoms with van der Waals surface area (Å²) in [6.07, 6.45) is 0. The summed E-state index contributed by atoms with van der Waals surface area (Å²) in [5.41, 5.74) is 2.25. The van der Waals surface area contributed by atoms with Gasteiger partial charge in [0.05, 0.1) is 13.2 Å². The van der Waals surface area contributed by atoms with Gasteiger partial charge in [-0.2, -0.15) is 0 Å².